The van der Waals surface area contributed by atoms with Gasteiger partial charge in [0.1, 0.15) is 0 Å². The molecule has 2 aromatic carbocycles. The number of fused-ring (bicyclic) bond motifs is 1. The summed E-state index contributed by atoms with van der Waals surface area (Å²) < 4.78 is 10.7. The van der Waals surface area contributed by atoms with Crippen LogP contribution in [-0.4, -0.2) is 66.3 Å². The summed E-state index contributed by atoms with van der Waals surface area (Å²) in [6.45, 7) is 3.83. The van der Waals surface area contributed by atoms with Gasteiger partial charge < -0.3 is 14.4 Å². The number of aromatic nitrogens is 2. The van der Waals surface area contributed by atoms with Gasteiger partial charge in [0.05, 0.1) is 19.7 Å². The number of rotatable bonds is 5. The number of piperazine rings is 1. The second kappa shape index (κ2) is 7.90. The number of methoxy groups -OCH3 is 2. The lowest BCUT2D eigenvalue weighted by Crippen LogP contribution is -2.48. The number of ether oxygens (including phenoxy) is 2. The summed E-state index contributed by atoms with van der Waals surface area (Å²) in [7, 11) is 3.28. The maximum Gasteiger partial charge on any atom is 0.275 e. The van der Waals surface area contributed by atoms with Crippen molar-refractivity contribution in [2.24, 2.45) is 0 Å². The molecule has 7 nitrogen and oxygen atoms in total. The highest BCUT2D eigenvalue weighted by Crippen LogP contribution is 2.28. The number of H-pyrrole nitrogens is 1. The van der Waals surface area contributed by atoms with Crippen LogP contribution in [0.1, 0.15) is 16.1 Å². The van der Waals surface area contributed by atoms with Gasteiger partial charge in [-0.1, -0.05) is 24.3 Å². The van der Waals surface area contributed by atoms with Gasteiger partial charge in [-0.25, -0.2) is 0 Å². The van der Waals surface area contributed by atoms with Crippen molar-refractivity contribution in [2.45, 2.75) is 6.54 Å². The Bertz CT molecular complexity index is 977. The van der Waals surface area contributed by atoms with Crippen molar-refractivity contribution in [2.75, 3.05) is 40.4 Å². The van der Waals surface area contributed by atoms with Crippen LogP contribution < -0.4 is 9.47 Å². The predicted octanol–water partition coefficient (Wildman–Crippen LogP) is 2.54. The molecule has 2 heterocycles. The quantitative estimate of drug-likeness (QED) is 0.737. The van der Waals surface area contributed by atoms with Crippen LogP contribution in [0.15, 0.2) is 42.5 Å². The number of benzene rings is 2. The van der Waals surface area contributed by atoms with Crippen LogP contribution in [-0.2, 0) is 6.54 Å². The molecule has 1 aliphatic rings. The highest BCUT2D eigenvalue weighted by molar-refractivity contribution is 6.04. The number of aromatic amines is 1. The van der Waals surface area contributed by atoms with Crippen molar-refractivity contribution in [1.29, 1.82) is 0 Å². The van der Waals surface area contributed by atoms with E-state index in [1.807, 2.05) is 41.3 Å². The number of amides is 1. The fourth-order valence-corrected chi connectivity index (χ4v) is 3.62. The molecule has 0 radical (unpaired) electrons. The molecule has 28 heavy (non-hydrogen) atoms. The van der Waals surface area contributed by atoms with Gasteiger partial charge in [0.2, 0.25) is 0 Å². The fraction of sp³-hybridized carbons (Fsp3) is 0.333. The molecule has 1 aromatic heterocycles. The summed E-state index contributed by atoms with van der Waals surface area (Å²) >= 11 is 0. The first-order valence-corrected chi connectivity index (χ1v) is 9.35. The third kappa shape index (κ3) is 3.53. The molecule has 7 heteroatoms. The summed E-state index contributed by atoms with van der Waals surface area (Å²) in [6, 6.07) is 13.7. The molecular weight excluding hydrogens is 356 g/mol. The molecule has 1 aliphatic heterocycles. The summed E-state index contributed by atoms with van der Waals surface area (Å²) in [5, 5.41) is 8.05. The van der Waals surface area contributed by atoms with E-state index in [9.17, 15) is 4.79 Å². The minimum Gasteiger partial charge on any atom is -0.493 e. The zero-order valence-corrected chi connectivity index (χ0v) is 16.1. The van der Waals surface area contributed by atoms with Crippen molar-refractivity contribution in [3.8, 4) is 11.5 Å². The Morgan fingerprint density at radius 1 is 1.04 bits per heavy atom. The minimum atomic E-state index is -0.0109. The van der Waals surface area contributed by atoms with Gasteiger partial charge in [0.25, 0.3) is 5.91 Å². The van der Waals surface area contributed by atoms with Gasteiger partial charge in [-0.3, -0.25) is 14.8 Å². The third-order valence-electron chi connectivity index (χ3n) is 5.19. The molecule has 146 valence electrons. The average Bonchev–Trinajstić information content (AvgIpc) is 3.18. The number of hydrogen-bond donors (Lipinski definition) is 1. The first-order chi connectivity index (χ1) is 13.7. The van der Waals surface area contributed by atoms with E-state index in [0.29, 0.717) is 18.8 Å². The molecule has 3 aromatic rings. The smallest absolute Gasteiger partial charge is 0.275 e. The van der Waals surface area contributed by atoms with E-state index in [1.165, 1.54) is 0 Å². The maximum atomic E-state index is 12.9. The molecule has 4 rings (SSSR count). The van der Waals surface area contributed by atoms with Crippen LogP contribution >= 0.6 is 0 Å². The van der Waals surface area contributed by atoms with Gasteiger partial charge in [-0.15, -0.1) is 0 Å². The van der Waals surface area contributed by atoms with Gasteiger partial charge in [-0.05, 0) is 23.8 Å². The monoisotopic (exact) mass is 380 g/mol. The highest BCUT2D eigenvalue weighted by atomic mass is 16.5. The van der Waals surface area contributed by atoms with E-state index in [2.05, 4.69) is 21.2 Å². The van der Waals surface area contributed by atoms with Crippen molar-refractivity contribution < 1.29 is 14.3 Å². The molecule has 1 fully saturated rings. The summed E-state index contributed by atoms with van der Waals surface area (Å²) in [5.41, 5.74) is 2.55. The standard InChI is InChI=1S/C21H24N4O3/c1-27-18-8-7-15(13-19(18)28-2)14-24-9-11-25(12-10-24)21(26)20-16-5-3-4-6-17(16)22-23-20/h3-8,13H,9-12,14H2,1-2H3,(H,22,23). The molecule has 0 saturated carbocycles. The van der Waals surface area contributed by atoms with Crippen LogP contribution in [0.3, 0.4) is 0 Å². The van der Waals surface area contributed by atoms with E-state index >= 15 is 0 Å². The van der Waals surface area contributed by atoms with Crippen LogP contribution in [0.2, 0.25) is 0 Å². The van der Waals surface area contributed by atoms with E-state index in [1.54, 1.807) is 14.2 Å². The van der Waals surface area contributed by atoms with Crippen LogP contribution in [0, 0.1) is 0 Å². The number of nitrogens with zero attached hydrogens (tertiary/aromatic N) is 3. The number of hydrogen-bond acceptors (Lipinski definition) is 5. The summed E-state index contributed by atoms with van der Waals surface area (Å²) in [5.74, 6) is 1.45. The largest absolute Gasteiger partial charge is 0.493 e. The average molecular weight is 380 g/mol. The second-order valence-electron chi connectivity index (χ2n) is 6.88. The fourth-order valence-electron chi connectivity index (χ4n) is 3.62. The van der Waals surface area contributed by atoms with Gasteiger partial charge >= 0.3 is 0 Å². The Balaban J connectivity index is 1.39. The molecule has 0 aliphatic carbocycles. The lowest BCUT2D eigenvalue weighted by molar-refractivity contribution is 0.0624. The number of nitrogens with one attached hydrogen (secondary N) is 1. The van der Waals surface area contributed by atoms with Gasteiger partial charge in [0.15, 0.2) is 17.2 Å². The third-order valence-corrected chi connectivity index (χ3v) is 5.19. The van der Waals surface area contributed by atoms with Crippen molar-refractivity contribution in [1.82, 2.24) is 20.0 Å². The topological polar surface area (TPSA) is 70.7 Å². The maximum absolute atomic E-state index is 12.9. The lowest BCUT2D eigenvalue weighted by atomic mass is 10.1. The number of para-hydroxylation sites is 1. The summed E-state index contributed by atoms with van der Waals surface area (Å²) in [4.78, 5) is 17.1. The Hall–Kier alpha value is -3.06. The Morgan fingerprint density at radius 3 is 2.54 bits per heavy atom. The minimum absolute atomic E-state index is 0.0109. The molecular formula is C21H24N4O3. The van der Waals surface area contributed by atoms with E-state index in [0.717, 1.165) is 47.6 Å². The van der Waals surface area contributed by atoms with Crippen LogP contribution in [0.25, 0.3) is 10.9 Å². The molecule has 0 unspecified atom stereocenters. The van der Waals surface area contributed by atoms with E-state index < -0.39 is 0 Å². The second-order valence-corrected chi connectivity index (χ2v) is 6.88. The number of carbonyl (C=O) groups is 1. The SMILES string of the molecule is COc1ccc(CN2CCN(C(=O)c3n[nH]c4ccccc34)CC2)cc1OC. The molecule has 0 bridgehead atoms. The first kappa shape index (κ1) is 18.3. The zero-order valence-electron chi connectivity index (χ0n) is 16.1. The van der Waals surface area contributed by atoms with Crippen molar-refractivity contribution >= 4 is 16.8 Å². The normalized spacial score (nSPS) is 15.0. The van der Waals surface area contributed by atoms with Gasteiger partial charge in [-0.2, -0.15) is 5.10 Å². The molecule has 0 atom stereocenters. The molecule has 0 spiro atoms. The van der Waals surface area contributed by atoms with E-state index in [-0.39, 0.29) is 5.91 Å². The van der Waals surface area contributed by atoms with Crippen LogP contribution in [0.4, 0.5) is 0 Å². The van der Waals surface area contributed by atoms with Crippen molar-refractivity contribution in [3.63, 3.8) is 0 Å². The number of carbonyl (C=O) groups excluding carboxylic acids is 1. The van der Waals surface area contributed by atoms with E-state index in [4.69, 9.17) is 9.47 Å². The molecule has 1 saturated heterocycles. The first-order valence-electron chi connectivity index (χ1n) is 9.35. The molecule has 1 N–H and O–H groups in total. The molecule has 1 amide bonds. The Morgan fingerprint density at radius 2 is 1.79 bits per heavy atom. The predicted molar refractivity (Wildman–Crippen MR) is 107 cm³/mol. The summed E-state index contributed by atoms with van der Waals surface area (Å²) in [6.07, 6.45) is 0. The van der Waals surface area contributed by atoms with Crippen LogP contribution in [0.5, 0.6) is 11.5 Å². The Labute approximate surface area is 163 Å². The Kier molecular flexibility index (Phi) is 5.16. The lowest BCUT2D eigenvalue weighted by Gasteiger charge is -2.34. The zero-order chi connectivity index (χ0) is 19.5. The van der Waals surface area contributed by atoms with Crippen molar-refractivity contribution in [3.05, 3.63) is 53.7 Å². The van der Waals surface area contributed by atoms with Gasteiger partial charge in [0, 0.05) is 38.1 Å². The highest BCUT2D eigenvalue weighted by Gasteiger charge is 2.25.